The number of pyridine rings is 1. The lowest BCUT2D eigenvalue weighted by atomic mass is 10.1. The Kier molecular flexibility index (Phi) is 2.57. The summed E-state index contributed by atoms with van der Waals surface area (Å²) in [6, 6.07) is 1.55. The van der Waals surface area contributed by atoms with Gasteiger partial charge in [-0.05, 0) is 24.1 Å². The molecule has 0 saturated carbocycles. The lowest BCUT2D eigenvalue weighted by Gasteiger charge is -2.10. The fourth-order valence-electron chi connectivity index (χ4n) is 0.999. The highest BCUT2D eigenvalue weighted by Gasteiger charge is 2.05. The summed E-state index contributed by atoms with van der Waals surface area (Å²) in [4.78, 5) is 3.92. The molecule has 1 unspecified atom stereocenters. The van der Waals surface area contributed by atoms with Crippen LogP contribution in [0.1, 0.15) is 17.2 Å². The number of aromatic nitrogens is 1. The number of rotatable bonds is 2. The van der Waals surface area contributed by atoms with Crippen molar-refractivity contribution in [1.82, 2.24) is 4.98 Å². The van der Waals surface area contributed by atoms with Crippen LogP contribution in [0, 0.1) is 6.92 Å². The highest BCUT2D eigenvalue weighted by Crippen LogP contribution is 2.12. The van der Waals surface area contributed by atoms with Crippen LogP contribution in [0.2, 0.25) is 0 Å². The second-order valence-electron chi connectivity index (χ2n) is 2.52. The van der Waals surface area contributed by atoms with Crippen molar-refractivity contribution < 1.29 is 5.11 Å². The van der Waals surface area contributed by atoms with Crippen LogP contribution in [0.3, 0.4) is 0 Å². The fraction of sp³-hybridized carbons (Fsp3) is 0.375. The first-order valence-electron chi connectivity index (χ1n) is 3.52. The summed E-state index contributed by atoms with van der Waals surface area (Å²) in [5.41, 5.74) is 7.60. The zero-order chi connectivity index (χ0) is 8.27. The standard InChI is InChI=1S/C8H12N2O/c1-6-4-10-3-2-7(6)8(9)5-11/h2-4,8,11H,5,9H2,1H3. The second kappa shape index (κ2) is 3.46. The van der Waals surface area contributed by atoms with Crippen molar-refractivity contribution >= 4 is 0 Å². The Morgan fingerprint density at radius 3 is 3.00 bits per heavy atom. The van der Waals surface area contributed by atoms with Gasteiger partial charge < -0.3 is 10.8 Å². The van der Waals surface area contributed by atoms with Crippen LogP contribution >= 0.6 is 0 Å². The molecule has 1 atom stereocenters. The van der Waals surface area contributed by atoms with E-state index in [0.717, 1.165) is 11.1 Å². The van der Waals surface area contributed by atoms with Crippen molar-refractivity contribution in [2.75, 3.05) is 6.61 Å². The van der Waals surface area contributed by atoms with E-state index in [1.165, 1.54) is 0 Å². The lowest BCUT2D eigenvalue weighted by Crippen LogP contribution is -2.15. The highest BCUT2D eigenvalue weighted by atomic mass is 16.3. The average Bonchev–Trinajstić information content (AvgIpc) is 2.04. The van der Waals surface area contributed by atoms with E-state index >= 15 is 0 Å². The van der Waals surface area contributed by atoms with Crippen molar-refractivity contribution in [3.63, 3.8) is 0 Å². The van der Waals surface area contributed by atoms with E-state index in [9.17, 15) is 0 Å². The number of aliphatic hydroxyl groups is 1. The summed E-state index contributed by atoms with van der Waals surface area (Å²) >= 11 is 0. The third kappa shape index (κ3) is 1.76. The molecule has 0 aliphatic rings. The van der Waals surface area contributed by atoms with Gasteiger partial charge in [0.1, 0.15) is 0 Å². The zero-order valence-corrected chi connectivity index (χ0v) is 6.49. The minimum Gasteiger partial charge on any atom is -0.394 e. The third-order valence-electron chi connectivity index (χ3n) is 1.66. The summed E-state index contributed by atoms with van der Waals surface area (Å²) in [5, 5.41) is 8.77. The van der Waals surface area contributed by atoms with Crippen molar-refractivity contribution in [3.8, 4) is 0 Å². The van der Waals surface area contributed by atoms with Crippen molar-refractivity contribution in [2.45, 2.75) is 13.0 Å². The number of hydrogen-bond donors (Lipinski definition) is 2. The molecule has 0 aliphatic heterocycles. The van der Waals surface area contributed by atoms with E-state index in [4.69, 9.17) is 10.8 Å². The van der Waals surface area contributed by atoms with E-state index in [0.29, 0.717) is 0 Å². The Morgan fingerprint density at radius 2 is 2.45 bits per heavy atom. The largest absolute Gasteiger partial charge is 0.394 e. The Bertz CT molecular complexity index is 237. The molecule has 0 fully saturated rings. The smallest absolute Gasteiger partial charge is 0.0624 e. The van der Waals surface area contributed by atoms with E-state index in [1.54, 1.807) is 12.4 Å². The van der Waals surface area contributed by atoms with E-state index in [1.807, 2.05) is 13.0 Å². The zero-order valence-electron chi connectivity index (χ0n) is 6.49. The summed E-state index contributed by atoms with van der Waals surface area (Å²) in [5.74, 6) is 0. The Hall–Kier alpha value is -0.930. The summed E-state index contributed by atoms with van der Waals surface area (Å²) in [7, 11) is 0. The van der Waals surface area contributed by atoms with Gasteiger partial charge in [0.25, 0.3) is 0 Å². The van der Waals surface area contributed by atoms with E-state index in [2.05, 4.69) is 4.98 Å². The van der Waals surface area contributed by atoms with Crippen molar-refractivity contribution in [3.05, 3.63) is 29.6 Å². The van der Waals surface area contributed by atoms with E-state index < -0.39 is 0 Å². The van der Waals surface area contributed by atoms with Gasteiger partial charge in [0.05, 0.1) is 12.6 Å². The molecule has 60 valence electrons. The van der Waals surface area contributed by atoms with Crippen LogP contribution < -0.4 is 5.73 Å². The average molecular weight is 152 g/mol. The maximum absolute atomic E-state index is 8.77. The fourth-order valence-corrected chi connectivity index (χ4v) is 0.999. The van der Waals surface area contributed by atoms with Gasteiger partial charge in [0.2, 0.25) is 0 Å². The van der Waals surface area contributed by atoms with Gasteiger partial charge in [-0.1, -0.05) is 0 Å². The van der Waals surface area contributed by atoms with Gasteiger partial charge in [-0.25, -0.2) is 0 Å². The van der Waals surface area contributed by atoms with Gasteiger partial charge in [-0.15, -0.1) is 0 Å². The normalized spacial score (nSPS) is 13.0. The predicted octanol–water partition coefficient (Wildman–Crippen LogP) is 0.382. The molecular weight excluding hydrogens is 140 g/mol. The summed E-state index contributed by atoms with van der Waals surface area (Å²) < 4.78 is 0. The molecule has 0 radical (unpaired) electrons. The monoisotopic (exact) mass is 152 g/mol. The molecule has 1 aromatic rings. The first-order chi connectivity index (χ1) is 5.25. The number of nitrogens with two attached hydrogens (primary N) is 1. The Labute approximate surface area is 65.9 Å². The van der Waals surface area contributed by atoms with Crippen molar-refractivity contribution in [2.24, 2.45) is 5.73 Å². The van der Waals surface area contributed by atoms with Gasteiger partial charge >= 0.3 is 0 Å². The molecule has 0 aliphatic carbocycles. The SMILES string of the molecule is Cc1cnccc1C(N)CO. The third-order valence-corrected chi connectivity index (χ3v) is 1.66. The maximum Gasteiger partial charge on any atom is 0.0624 e. The number of nitrogens with zero attached hydrogens (tertiary/aromatic N) is 1. The maximum atomic E-state index is 8.77. The predicted molar refractivity (Wildman–Crippen MR) is 43.0 cm³/mol. The molecule has 1 rings (SSSR count). The molecule has 0 saturated heterocycles. The summed E-state index contributed by atoms with van der Waals surface area (Å²) in [6.07, 6.45) is 3.42. The molecule has 1 heterocycles. The molecular formula is C8H12N2O. The van der Waals surface area contributed by atoms with Crippen LogP contribution in [-0.4, -0.2) is 16.7 Å². The van der Waals surface area contributed by atoms with Crippen LogP contribution in [0.5, 0.6) is 0 Å². The lowest BCUT2D eigenvalue weighted by molar-refractivity contribution is 0.267. The molecule has 0 spiro atoms. The topological polar surface area (TPSA) is 59.1 Å². The quantitative estimate of drug-likeness (QED) is 0.644. The minimum atomic E-state index is -0.280. The van der Waals surface area contributed by atoms with Crippen LogP contribution in [0.25, 0.3) is 0 Å². The molecule has 0 amide bonds. The molecule has 1 aromatic heterocycles. The number of aliphatic hydroxyl groups excluding tert-OH is 1. The minimum absolute atomic E-state index is 0.0230. The second-order valence-corrected chi connectivity index (χ2v) is 2.52. The van der Waals surface area contributed by atoms with E-state index in [-0.39, 0.29) is 12.6 Å². The molecule has 0 bridgehead atoms. The molecule has 11 heavy (non-hydrogen) atoms. The Morgan fingerprint density at radius 1 is 1.73 bits per heavy atom. The van der Waals surface area contributed by atoms with Crippen LogP contribution in [-0.2, 0) is 0 Å². The first kappa shape index (κ1) is 8.17. The highest BCUT2D eigenvalue weighted by molar-refractivity contribution is 5.24. The van der Waals surface area contributed by atoms with Crippen LogP contribution in [0.15, 0.2) is 18.5 Å². The summed E-state index contributed by atoms with van der Waals surface area (Å²) in [6.45, 7) is 1.91. The van der Waals surface area contributed by atoms with Gasteiger partial charge in [-0.3, -0.25) is 4.98 Å². The van der Waals surface area contributed by atoms with Gasteiger partial charge in [0, 0.05) is 12.4 Å². The number of aryl methyl sites for hydroxylation is 1. The Balaban J connectivity index is 2.93. The molecule has 3 nitrogen and oxygen atoms in total. The number of hydrogen-bond acceptors (Lipinski definition) is 3. The molecule has 3 N–H and O–H groups in total. The first-order valence-corrected chi connectivity index (χ1v) is 3.52. The van der Waals surface area contributed by atoms with Gasteiger partial charge in [-0.2, -0.15) is 0 Å². The molecule has 3 heteroatoms. The van der Waals surface area contributed by atoms with Gasteiger partial charge in [0.15, 0.2) is 0 Å². The van der Waals surface area contributed by atoms with Crippen molar-refractivity contribution in [1.29, 1.82) is 0 Å². The molecule has 0 aromatic carbocycles. The van der Waals surface area contributed by atoms with Crippen LogP contribution in [0.4, 0.5) is 0 Å².